The van der Waals surface area contributed by atoms with Crippen LogP contribution >= 0.6 is 28.3 Å². The van der Waals surface area contributed by atoms with Gasteiger partial charge in [0.2, 0.25) is 0 Å². The predicted octanol–water partition coefficient (Wildman–Crippen LogP) is 2.44. The predicted molar refractivity (Wildman–Crippen MR) is 76.2 cm³/mol. The van der Waals surface area contributed by atoms with E-state index in [4.69, 9.17) is 5.73 Å². The molecule has 17 heavy (non-hydrogen) atoms. The molecular weight excluding hydrogens is 302 g/mol. The van der Waals surface area contributed by atoms with Crippen molar-refractivity contribution >= 4 is 28.3 Å². The lowest BCUT2D eigenvalue weighted by atomic mass is 10.0. The first-order valence-corrected chi connectivity index (χ1v) is 6.52. The van der Waals surface area contributed by atoms with Crippen LogP contribution in [0.5, 0.6) is 0 Å². The molecule has 2 rings (SSSR count). The van der Waals surface area contributed by atoms with E-state index < -0.39 is 0 Å². The van der Waals surface area contributed by atoms with E-state index >= 15 is 0 Å². The first-order chi connectivity index (χ1) is 7.65. The van der Waals surface area contributed by atoms with E-state index in [9.17, 15) is 0 Å². The van der Waals surface area contributed by atoms with Crippen LogP contribution in [0, 0.1) is 5.92 Å². The number of halogens is 2. The molecule has 2 heterocycles. The zero-order valence-electron chi connectivity index (χ0n) is 9.97. The Hall–Kier alpha value is -0.160. The van der Waals surface area contributed by atoms with Crippen molar-refractivity contribution in [1.82, 2.24) is 9.88 Å². The molecule has 1 fully saturated rings. The maximum absolute atomic E-state index is 5.93. The summed E-state index contributed by atoms with van der Waals surface area (Å²) >= 11 is 3.45. The SMILES string of the molecule is CC(N)C1CCN(Cc2cncc(Br)c2)C1.Cl. The molecule has 1 saturated heterocycles. The Balaban J connectivity index is 0.00000144. The normalized spacial score (nSPS) is 22.2. The first-order valence-electron chi connectivity index (χ1n) is 5.72. The van der Waals surface area contributed by atoms with Crippen LogP contribution in [-0.2, 0) is 6.54 Å². The summed E-state index contributed by atoms with van der Waals surface area (Å²) in [4.78, 5) is 6.64. The molecule has 2 N–H and O–H groups in total. The molecule has 1 aromatic heterocycles. The van der Waals surface area contributed by atoms with E-state index in [-0.39, 0.29) is 12.4 Å². The average molecular weight is 321 g/mol. The zero-order valence-corrected chi connectivity index (χ0v) is 12.4. The number of nitrogens with zero attached hydrogens (tertiary/aromatic N) is 2. The van der Waals surface area contributed by atoms with Gasteiger partial charge in [-0.25, -0.2) is 0 Å². The van der Waals surface area contributed by atoms with Gasteiger partial charge in [-0.3, -0.25) is 9.88 Å². The Bertz CT molecular complexity index is 359. The number of likely N-dealkylation sites (tertiary alicyclic amines) is 1. The fourth-order valence-corrected chi connectivity index (χ4v) is 2.65. The lowest BCUT2D eigenvalue weighted by Gasteiger charge is -2.17. The Morgan fingerprint density at radius 1 is 1.59 bits per heavy atom. The van der Waals surface area contributed by atoms with Crippen molar-refractivity contribution in [3.05, 3.63) is 28.5 Å². The molecule has 0 spiro atoms. The third-order valence-corrected chi connectivity index (χ3v) is 3.65. The molecule has 0 aliphatic carbocycles. The summed E-state index contributed by atoms with van der Waals surface area (Å²) in [5, 5.41) is 0. The summed E-state index contributed by atoms with van der Waals surface area (Å²) in [6.45, 7) is 5.35. The third-order valence-electron chi connectivity index (χ3n) is 3.22. The van der Waals surface area contributed by atoms with Gasteiger partial charge in [0.05, 0.1) is 0 Å². The minimum Gasteiger partial charge on any atom is -0.328 e. The number of hydrogen-bond acceptors (Lipinski definition) is 3. The van der Waals surface area contributed by atoms with Crippen molar-refractivity contribution in [3.8, 4) is 0 Å². The minimum atomic E-state index is 0. The lowest BCUT2D eigenvalue weighted by molar-refractivity contribution is 0.308. The molecule has 0 saturated carbocycles. The van der Waals surface area contributed by atoms with E-state index in [0.29, 0.717) is 12.0 Å². The number of pyridine rings is 1. The van der Waals surface area contributed by atoms with Crippen LogP contribution in [0.1, 0.15) is 18.9 Å². The molecule has 2 atom stereocenters. The summed E-state index contributed by atoms with van der Waals surface area (Å²) in [6.07, 6.45) is 4.97. The van der Waals surface area contributed by atoms with Crippen molar-refractivity contribution in [2.75, 3.05) is 13.1 Å². The van der Waals surface area contributed by atoms with Gasteiger partial charge in [0.15, 0.2) is 0 Å². The summed E-state index contributed by atoms with van der Waals surface area (Å²) in [5.74, 6) is 0.653. The second-order valence-electron chi connectivity index (χ2n) is 4.65. The van der Waals surface area contributed by atoms with E-state index in [0.717, 1.165) is 24.1 Å². The van der Waals surface area contributed by atoms with Crippen LogP contribution in [0.3, 0.4) is 0 Å². The molecule has 1 aliphatic heterocycles. The average Bonchev–Trinajstić information content (AvgIpc) is 2.66. The van der Waals surface area contributed by atoms with E-state index in [1.54, 1.807) is 0 Å². The van der Waals surface area contributed by atoms with E-state index in [2.05, 4.69) is 38.8 Å². The number of rotatable bonds is 3. The van der Waals surface area contributed by atoms with Crippen LogP contribution in [0.2, 0.25) is 0 Å². The highest BCUT2D eigenvalue weighted by Gasteiger charge is 2.24. The van der Waals surface area contributed by atoms with Gasteiger partial charge in [-0.1, -0.05) is 0 Å². The molecule has 96 valence electrons. The molecule has 2 unspecified atom stereocenters. The standard InChI is InChI=1S/C12H18BrN3.ClH/c1-9(14)11-2-3-16(8-11)7-10-4-12(13)6-15-5-10;/h4-6,9,11H,2-3,7-8,14H2,1H3;1H. The fourth-order valence-electron chi connectivity index (χ4n) is 2.24. The van der Waals surface area contributed by atoms with Gasteiger partial charge < -0.3 is 5.73 Å². The van der Waals surface area contributed by atoms with Crippen LogP contribution < -0.4 is 5.73 Å². The van der Waals surface area contributed by atoms with Gasteiger partial charge >= 0.3 is 0 Å². The molecule has 1 aromatic rings. The highest BCUT2D eigenvalue weighted by atomic mass is 79.9. The Morgan fingerprint density at radius 2 is 2.35 bits per heavy atom. The summed E-state index contributed by atoms with van der Waals surface area (Å²) < 4.78 is 1.05. The smallest absolute Gasteiger partial charge is 0.0410 e. The maximum Gasteiger partial charge on any atom is 0.0410 e. The van der Waals surface area contributed by atoms with Gasteiger partial charge in [0.1, 0.15) is 0 Å². The number of aromatic nitrogens is 1. The molecule has 0 aromatic carbocycles. The molecule has 5 heteroatoms. The number of hydrogen-bond donors (Lipinski definition) is 1. The summed E-state index contributed by atoms with van der Waals surface area (Å²) in [5.41, 5.74) is 7.19. The first kappa shape index (κ1) is 14.9. The van der Waals surface area contributed by atoms with E-state index in [1.807, 2.05) is 12.4 Å². The van der Waals surface area contributed by atoms with Crippen molar-refractivity contribution < 1.29 is 0 Å². The van der Waals surface area contributed by atoms with E-state index in [1.165, 1.54) is 12.0 Å². The van der Waals surface area contributed by atoms with Crippen LogP contribution in [-0.4, -0.2) is 29.0 Å². The highest BCUT2D eigenvalue weighted by Crippen LogP contribution is 2.21. The van der Waals surface area contributed by atoms with Crippen molar-refractivity contribution in [2.45, 2.75) is 25.9 Å². The number of nitrogens with two attached hydrogens (primary N) is 1. The molecule has 0 radical (unpaired) electrons. The van der Waals surface area contributed by atoms with Gasteiger partial charge in [0.25, 0.3) is 0 Å². The largest absolute Gasteiger partial charge is 0.328 e. The molecule has 0 amide bonds. The molecule has 3 nitrogen and oxygen atoms in total. The third kappa shape index (κ3) is 4.21. The second kappa shape index (κ2) is 6.69. The Labute approximate surface area is 117 Å². The quantitative estimate of drug-likeness (QED) is 0.930. The summed E-state index contributed by atoms with van der Waals surface area (Å²) in [7, 11) is 0. The van der Waals surface area contributed by atoms with Gasteiger partial charge in [0, 0.05) is 36.0 Å². The highest BCUT2D eigenvalue weighted by molar-refractivity contribution is 9.10. The van der Waals surface area contributed by atoms with Crippen molar-refractivity contribution in [1.29, 1.82) is 0 Å². The second-order valence-corrected chi connectivity index (χ2v) is 5.57. The van der Waals surface area contributed by atoms with Crippen LogP contribution in [0.15, 0.2) is 22.9 Å². The summed E-state index contributed by atoms with van der Waals surface area (Å²) in [6, 6.07) is 2.44. The zero-order chi connectivity index (χ0) is 11.5. The molecule has 1 aliphatic rings. The van der Waals surface area contributed by atoms with Crippen LogP contribution in [0.25, 0.3) is 0 Å². The Morgan fingerprint density at radius 3 is 2.94 bits per heavy atom. The van der Waals surface area contributed by atoms with Crippen molar-refractivity contribution in [2.24, 2.45) is 11.7 Å². The topological polar surface area (TPSA) is 42.1 Å². The fraction of sp³-hybridized carbons (Fsp3) is 0.583. The van der Waals surface area contributed by atoms with Crippen LogP contribution in [0.4, 0.5) is 0 Å². The lowest BCUT2D eigenvalue weighted by Crippen LogP contribution is -2.29. The van der Waals surface area contributed by atoms with Gasteiger partial charge in [-0.05, 0) is 53.4 Å². The molecular formula is C12H19BrClN3. The molecule has 0 bridgehead atoms. The minimum absolute atomic E-state index is 0. The monoisotopic (exact) mass is 319 g/mol. The maximum atomic E-state index is 5.93. The van der Waals surface area contributed by atoms with Crippen molar-refractivity contribution in [3.63, 3.8) is 0 Å². The van der Waals surface area contributed by atoms with Gasteiger partial charge in [-0.2, -0.15) is 0 Å². The van der Waals surface area contributed by atoms with Gasteiger partial charge in [-0.15, -0.1) is 12.4 Å². The Kier molecular flexibility index (Phi) is 5.86.